The second kappa shape index (κ2) is 8.39. The van der Waals surface area contributed by atoms with Crippen LogP contribution in [0, 0.1) is 16.7 Å². The Morgan fingerprint density at radius 3 is 2.53 bits per heavy atom. The van der Waals surface area contributed by atoms with E-state index in [1.807, 2.05) is 50.8 Å². The number of hydrogen-bond donors (Lipinski definition) is 2. The molecule has 2 fully saturated rings. The van der Waals surface area contributed by atoms with Gasteiger partial charge in [0.25, 0.3) is 0 Å². The summed E-state index contributed by atoms with van der Waals surface area (Å²) in [5.41, 5.74) is 6.52. The van der Waals surface area contributed by atoms with E-state index in [9.17, 15) is 9.90 Å². The Balaban J connectivity index is 1.88. The van der Waals surface area contributed by atoms with Crippen molar-refractivity contribution in [1.82, 2.24) is 4.90 Å². The molecule has 0 aromatic heterocycles. The van der Waals surface area contributed by atoms with Crippen molar-refractivity contribution in [2.75, 3.05) is 26.8 Å². The number of carbonyl (C=O) groups excluding carboxylic acids is 1. The van der Waals surface area contributed by atoms with Crippen LogP contribution in [0.2, 0.25) is 0 Å². The van der Waals surface area contributed by atoms with E-state index in [4.69, 9.17) is 15.2 Å². The summed E-state index contributed by atoms with van der Waals surface area (Å²) in [6, 6.07) is 5.38. The van der Waals surface area contributed by atoms with Gasteiger partial charge in [0.2, 0.25) is 5.91 Å². The summed E-state index contributed by atoms with van der Waals surface area (Å²) >= 11 is 0. The number of aliphatic hydroxyl groups is 1. The van der Waals surface area contributed by atoms with Crippen LogP contribution in [0.25, 0.3) is 0 Å². The fourth-order valence-electron chi connectivity index (χ4n) is 4.17. The Labute approximate surface area is 180 Å². The average molecular weight is 419 g/mol. The summed E-state index contributed by atoms with van der Waals surface area (Å²) in [4.78, 5) is 14.9. The molecule has 1 aliphatic carbocycles. The summed E-state index contributed by atoms with van der Waals surface area (Å²) in [6.07, 6.45) is 1.86. The molecule has 1 saturated carbocycles. The first-order valence-corrected chi connectivity index (χ1v) is 11.0. The van der Waals surface area contributed by atoms with Crippen molar-refractivity contribution >= 4 is 5.91 Å². The number of methoxy groups -OCH3 is 1. The molecule has 4 atom stereocenters. The lowest BCUT2D eigenvalue weighted by molar-refractivity contribution is -0.134. The zero-order chi connectivity index (χ0) is 22.3. The number of likely N-dealkylation sites (tertiary alicyclic amines) is 1. The summed E-state index contributed by atoms with van der Waals surface area (Å²) in [6.45, 7) is 11.5. The first-order chi connectivity index (χ1) is 14.0. The molecule has 1 aromatic carbocycles. The van der Waals surface area contributed by atoms with Crippen LogP contribution in [-0.4, -0.2) is 54.9 Å². The minimum Gasteiger partial charge on any atom is -0.493 e. The molecular formula is C24H38N2O4. The molecule has 3 N–H and O–H groups in total. The largest absolute Gasteiger partial charge is 0.493 e. The topological polar surface area (TPSA) is 85.0 Å². The van der Waals surface area contributed by atoms with Gasteiger partial charge in [-0.1, -0.05) is 33.8 Å². The van der Waals surface area contributed by atoms with Crippen LogP contribution in [0.1, 0.15) is 58.9 Å². The SMILES string of the molecule is COc1ccc([C@@H]2CN(C(=O)[C@H](N)C(C)(C)C)C[C@@]2(C)[C@@H](C)O)cc1OCC1CC1. The normalized spacial score (nSPS) is 26.4. The predicted octanol–water partition coefficient (Wildman–Crippen LogP) is 3.17. The van der Waals surface area contributed by atoms with Crippen LogP contribution in [0.5, 0.6) is 11.5 Å². The van der Waals surface area contributed by atoms with Crippen LogP contribution >= 0.6 is 0 Å². The van der Waals surface area contributed by atoms with Gasteiger partial charge in [0, 0.05) is 24.4 Å². The number of nitrogens with two attached hydrogens (primary N) is 1. The monoisotopic (exact) mass is 418 g/mol. The third-order valence-electron chi connectivity index (χ3n) is 6.96. The standard InChI is InChI=1S/C24H38N2O4/c1-15(27)24(5)14-26(22(28)21(25)23(2,3)4)12-18(24)17-9-10-19(29-6)20(11-17)30-13-16-7-8-16/h9-11,15-16,18,21,27H,7-8,12-14,25H2,1-6H3/t15-,18+,21+,24+/m1/s1. The van der Waals surface area contributed by atoms with Crippen molar-refractivity contribution in [3.63, 3.8) is 0 Å². The molecule has 0 radical (unpaired) electrons. The zero-order valence-corrected chi connectivity index (χ0v) is 19.3. The lowest BCUT2D eigenvalue weighted by Gasteiger charge is -2.34. The third-order valence-corrected chi connectivity index (χ3v) is 6.96. The van der Waals surface area contributed by atoms with Gasteiger partial charge in [0.05, 0.1) is 25.9 Å². The molecule has 30 heavy (non-hydrogen) atoms. The highest BCUT2D eigenvalue weighted by Gasteiger charge is 2.49. The molecule has 0 bridgehead atoms. The molecule has 1 saturated heterocycles. The molecule has 1 aromatic rings. The second-order valence-corrected chi connectivity index (χ2v) is 10.5. The summed E-state index contributed by atoms with van der Waals surface area (Å²) in [7, 11) is 1.64. The maximum absolute atomic E-state index is 13.1. The van der Waals surface area contributed by atoms with Crippen molar-refractivity contribution in [2.45, 2.75) is 65.5 Å². The van der Waals surface area contributed by atoms with Gasteiger partial charge in [-0.2, -0.15) is 0 Å². The predicted molar refractivity (Wildman–Crippen MR) is 118 cm³/mol. The second-order valence-electron chi connectivity index (χ2n) is 10.5. The van der Waals surface area contributed by atoms with E-state index in [0.717, 1.165) is 11.3 Å². The summed E-state index contributed by atoms with van der Waals surface area (Å²) in [5.74, 6) is 1.99. The number of aliphatic hydroxyl groups excluding tert-OH is 1. The number of ether oxygens (including phenoxy) is 2. The molecule has 168 valence electrons. The Morgan fingerprint density at radius 1 is 1.33 bits per heavy atom. The molecular weight excluding hydrogens is 380 g/mol. The highest BCUT2D eigenvalue weighted by Crippen LogP contribution is 2.47. The minimum atomic E-state index is -0.581. The maximum atomic E-state index is 13.1. The fraction of sp³-hybridized carbons (Fsp3) is 0.708. The van der Waals surface area contributed by atoms with E-state index < -0.39 is 17.6 Å². The molecule has 1 amide bonds. The minimum absolute atomic E-state index is 0.0252. The molecule has 2 aliphatic rings. The van der Waals surface area contributed by atoms with Crippen LogP contribution < -0.4 is 15.2 Å². The lowest BCUT2D eigenvalue weighted by Crippen LogP contribution is -2.50. The number of carbonyl (C=O) groups is 1. The molecule has 0 spiro atoms. The Morgan fingerprint density at radius 2 is 2.00 bits per heavy atom. The van der Waals surface area contributed by atoms with Crippen LogP contribution in [0.3, 0.4) is 0 Å². The Bertz CT molecular complexity index is 769. The first kappa shape index (κ1) is 22.9. The fourth-order valence-corrected chi connectivity index (χ4v) is 4.17. The van der Waals surface area contributed by atoms with E-state index in [1.165, 1.54) is 12.8 Å². The number of nitrogens with zero attached hydrogens (tertiary/aromatic N) is 1. The molecule has 6 nitrogen and oxygen atoms in total. The van der Waals surface area contributed by atoms with Crippen LogP contribution in [-0.2, 0) is 4.79 Å². The van der Waals surface area contributed by atoms with Gasteiger partial charge in [0.1, 0.15) is 0 Å². The van der Waals surface area contributed by atoms with E-state index in [1.54, 1.807) is 14.0 Å². The number of hydrogen-bond acceptors (Lipinski definition) is 5. The first-order valence-electron chi connectivity index (χ1n) is 11.0. The summed E-state index contributed by atoms with van der Waals surface area (Å²) < 4.78 is 11.5. The molecule has 1 heterocycles. The van der Waals surface area contributed by atoms with Gasteiger partial charge in [-0.15, -0.1) is 0 Å². The molecule has 3 rings (SSSR count). The van der Waals surface area contributed by atoms with Gasteiger partial charge in [-0.3, -0.25) is 4.79 Å². The van der Waals surface area contributed by atoms with Crippen molar-refractivity contribution in [3.05, 3.63) is 23.8 Å². The van der Waals surface area contributed by atoms with Crippen LogP contribution in [0.4, 0.5) is 0 Å². The van der Waals surface area contributed by atoms with E-state index >= 15 is 0 Å². The van der Waals surface area contributed by atoms with E-state index in [2.05, 4.69) is 0 Å². The third kappa shape index (κ3) is 4.59. The van der Waals surface area contributed by atoms with Gasteiger partial charge in [-0.05, 0) is 48.8 Å². The quantitative estimate of drug-likeness (QED) is 0.710. The van der Waals surface area contributed by atoms with Gasteiger partial charge in [0.15, 0.2) is 11.5 Å². The average Bonchev–Trinajstić information content (AvgIpc) is 3.45. The molecule has 6 heteroatoms. The lowest BCUT2D eigenvalue weighted by atomic mass is 9.72. The highest BCUT2D eigenvalue weighted by atomic mass is 16.5. The van der Waals surface area contributed by atoms with Crippen LogP contribution in [0.15, 0.2) is 18.2 Å². The highest BCUT2D eigenvalue weighted by molar-refractivity contribution is 5.83. The number of amides is 1. The van der Waals surface area contributed by atoms with Gasteiger partial charge in [-0.25, -0.2) is 0 Å². The Kier molecular flexibility index (Phi) is 6.40. The van der Waals surface area contributed by atoms with E-state index in [-0.39, 0.29) is 17.2 Å². The van der Waals surface area contributed by atoms with Crippen molar-refractivity contribution in [3.8, 4) is 11.5 Å². The smallest absolute Gasteiger partial charge is 0.240 e. The maximum Gasteiger partial charge on any atom is 0.240 e. The van der Waals surface area contributed by atoms with Gasteiger partial charge < -0.3 is 25.2 Å². The Hall–Kier alpha value is -1.79. The van der Waals surface area contributed by atoms with Crippen molar-refractivity contribution in [2.24, 2.45) is 22.5 Å². The van der Waals surface area contributed by atoms with Crippen molar-refractivity contribution < 1.29 is 19.4 Å². The zero-order valence-electron chi connectivity index (χ0n) is 19.3. The number of benzene rings is 1. The summed E-state index contributed by atoms with van der Waals surface area (Å²) in [5, 5.41) is 10.7. The molecule has 1 aliphatic heterocycles. The van der Waals surface area contributed by atoms with E-state index in [0.29, 0.717) is 31.4 Å². The molecule has 0 unspecified atom stereocenters. The van der Waals surface area contributed by atoms with Crippen molar-refractivity contribution in [1.29, 1.82) is 0 Å². The van der Waals surface area contributed by atoms with Gasteiger partial charge >= 0.3 is 0 Å². The number of rotatable bonds is 7.